The highest BCUT2D eigenvalue weighted by molar-refractivity contribution is 5.92. The molecule has 0 fully saturated rings. The second-order valence-corrected chi connectivity index (χ2v) is 3.72. The fourth-order valence-corrected chi connectivity index (χ4v) is 1.43. The Bertz CT molecular complexity index is 545. The molecule has 0 saturated heterocycles. The van der Waals surface area contributed by atoms with Gasteiger partial charge in [-0.1, -0.05) is 0 Å². The van der Waals surface area contributed by atoms with Crippen LogP contribution in [-0.4, -0.2) is 32.6 Å². The summed E-state index contributed by atoms with van der Waals surface area (Å²) >= 11 is 0. The van der Waals surface area contributed by atoms with Crippen molar-refractivity contribution in [1.82, 2.24) is 25.5 Å². The fraction of sp³-hybridized carbons (Fsp3) is 0.250. The maximum absolute atomic E-state index is 11.9. The number of aromatic nitrogens is 4. The van der Waals surface area contributed by atoms with Gasteiger partial charge in [-0.15, -0.1) is 0 Å². The second kappa shape index (κ2) is 6.39. The molecule has 0 aliphatic rings. The van der Waals surface area contributed by atoms with E-state index in [9.17, 15) is 4.79 Å². The zero-order valence-electron chi connectivity index (χ0n) is 10.5. The van der Waals surface area contributed by atoms with Crippen molar-refractivity contribution in [2.45, 2.75) is 13.5 Å². The van der Waals surface area contributed by atoms with E-state index < -0.39 is 0 Å². The van der Waals surface area contributed by atoms with Crippen LogP contribution in [0.2, 0.25) is 0 Å². The van der Waals surface area contributed by atoms with Crippen molar-refractivity contribution in [1.29, 1.82) is 0 Å². The van der Waals surface area contributed by atoms with E-state index in [1.54, 1.807) is 24.5 Å². The first kappa shape index (κ1) is 12.9. The lowest BCUT2D eigenvalue weighted by Gasteiger charge is -2.05. The van der Waals surface area contributed by atoms with Gasteiger partial charge in [0.1, 0.15) is 11.5 Å². The van der Waals surface area contributed by atoms with E-state index in [0.29, 0.717) is 18.1 Å². The first-order valence-corrected chi connectivity index (χ1v) is 5.90. The lowest BCUT2D eigenvalue weighted by molar-refractivity contribution is 0.0945. The number of rotatable bonds is 5. The summed E-state index contributed by atoms with van der Waals surface area (Å²) in [5, 5.41) is 13.3. The molecule has 0 aliphatic carbocycles. The smallest absolute Gasteiger partial charge is 0.271 e. The summed E-state index contributed by atoms with van der Waals surface area (Å²) in [5.41, 5.74) is 0.953. The Morgan fingerprint density at radius 2 is 2.26 bits per heavy atom. The van der Waals surface area contributed by atoms with Crippen molar-refractivity contribution in [3.63, 3.8) is 0 Å². The molecule has 2 aromatic heterocycles. The van der Waals surface area contributed by atoms with E-state index in [2.05, 4.69) is 30.8 Å². The van der Waals surface area contributed by atoms with Crippen LogP contribution in [0.1, 0.15) is 23.1 Å². The molecule has 0 spiro atoms. The lowest BCUT2D eigenvalue weighted by atomic mass is 10.3. The highest BCUT2D eigenvalue weighted by Gasteiger charge is 2.08. The molecule has 1 amide bonds. The van der Waals surface area contributed by atoms with Gasteiger partial charge in [-0.05, 0) is 19.1 Å². The zero-order chi connectivity index (χ0) is 13.5. The Labute approximate surface area is 110 Å². The lowest BCUT2D eigenvalue weighted by Crippen LogP contribution is -2.24. The molecular formula is C12H14N6O. The van der Waals surface area contributed by atoms with Gasteiger partial charge >= 0.3 is 0 Å². The molecule has 7 nitrogen and oxygen atoms in total. The van der Waals surface area contributed by atoms with Crippen LogP contribution in [0, 0.1) is 0 Å². The third-order valence-electron chi connectivity index (χ3n) is 2.28. The molecular weight excluding hydrogens is 244 g/mol. The predicted octanol–water partition coefficient (Wildman–Crippen LogP) is 0.628. The van der Waals surface area contributed by atoms with Crippen LogP contribution >= 0.6 is 0 Å². The van der Waals surface area contributed by atoms with E-state index in [-0.39, 0.29) is 11.6 Å². The largest absolute Gasteiger partial charge is 0.369 e. The molecule has 2 heterocycles. The Balaban J connectivity index is 1.98. The number of nitrogens with zero attached hydrogens (tertiary/aromatic N) is 4. The molecule has 2 aromatic rings. The van der Waals surface area contributed by atoms with Crippen molar-refractivity contribution in [3.05, 3.63) is 42.1 Å². The Morgan fingerprint density at radius 3 is 3.00 bits per heavy atom. The molecule has 19 heavy (non-hydrogen) atoms. The van der Waals surface area contributed by atoms with E-state index >= 15 is 0 Å². The third-order valence-corrected chi connectivity index (χ3v) is 2.28. The molecule has 7 heteroatoms. The van der Waals surface area contributed by atoms with E-state index in [1.807, 2.05) is 6.92 Å². The van der Waals surface area contributed by atoms with Crippen LogP contribution in [0.4, 0.5) is 5.82 Å². The average molecular weight is 258 g/mol. The van der Waals surface area contributed by atoms with Gasteiger partial charge in [0, 0.05) is 12.7 Å². The van der Waals surface area contributed by atoms with E-state index in [4.69, 9.17) is 0 Å². The number of hydrogen-bond acceptors (Lipinski definition) is 6. The summed E-state index contributed by atoms with van der Waals surface area (Å²) in [6.45, 7) is 2.97. The van der Waals surface area contributed by atoms with E-state index in [0.717, 1.165) is 6.54 Å². The predicted molar refractivity (Wildman–Crippen MR) is 69.4 cm³/mol. The first-order valence-electron chi connectivity index (χ1n) is 5.90. The molecule has 0 saturated carbocycles. The van der Waals surface area contributed by atoms with Gasteiger partial charge in [0.25, 0.3) is 5.91 Å². The molecule has 98 valence electrons. The van der Waals surface area contributed by atoms with Gasteiger partial charge in [0.2, 0.25) is 0 Å². The summed E-state index contributed by atoms with van der Waals surface area (Å²) in [5.74, 6) is 0.285. The number of hydrogen-bond donors (Lipinski definition) is 2. The summed E-state index contributed by atoms with van der Waals surface area (Å²) in [6.07, 6.45) is 4.58. The molecule has 0 atom stereocenters. The van der Waals surface area contributed by atoms with Crippen LogP contribution in [0.3, 0.4) is 0 Å². The highest BCUT2D eigenvalue weighted by atomic mass is 16.1. The molecule has 0 bridgehead atoms. The van der Waals surface area contributed by atoms with Crippen LogP contribution in [-0.2, 0) is 6.54 Å². The van der Waals surface area contributed by atoms with E-state index in [1.165, 1.54) is 6.20 Å². The molecule has 0 unspecified atom stereocenters. The summed E-state index contributed by atoms with van der Waals surface area (Å²) < 4.78 is 0. The van der Waals surface area contributed by atoms with Crippen molar-refractivity contribution in [2.75, 3.05) is 11.9 Å². The zero-order valence-corrected chi connectivity index (χ0v) is 10.5. The molecule has 2 N–H and O–H groups in total. The van der Waals surface area contributed by atoms with Crippen molar-refractivity contribution in [2.24, 2.45) is 0 Å². The van der Waals surface area contributed by atoms with Crippen molar-refractivity contribution in [3.8, 4) is 0 Å². The Hall–Kier alpha value is -2.57. The van der Waals surface area contributed by atoms with Gasteiger partial charge in [-0.25, -0.2) is 4.98 Å². The average Bonchev–Trinajstić information content (AvgIpc) is 2.46. The normalized spacial score (nSPS) is 9.95. The quantitative estimate of drug-likeness (QED) is 0.817. The summed E-state index contributed by atoms with van der Waals surface area (Å²) in [7, 11) is 0. The second-order valence-electron chi connectivity index (χ2n) is 3.72. The van der Waals surface area contributed by atoms with Gasteiger partial charge in [0.05, 0.1) is 24.6 Å². The minimum Gasteiger partial charge on any atom is -0.369 e. The topological polar surface area (TPSA) is 92.7 Å². The molecule has 0 radical (unpaired) electrons. The number of carbonyl (C=O) groups is 1. The van der Waals surface area contributed by atoms with Gasteiger partial charge in [-0.3, -0.25) is 9.78 Å². The minimum absolute atomic E-state index is 0.266. The van der Waals surface area contributed by atoms with Gasteiger partial charge in [0.15, 0.2) is 0 Å². The Kier molecular flexibility index (Phi) is 4.33. The van der Waals surface area contributed by atoms with Crippen LogP contribution in [0.15, 0.2) is 30.7 Å². The monoisotopic (exact) mass is 258 g/mol. The number of nitrogens with one attached hydrogen (secondary N) is 2. The van der Waals surface area contributed by atoms with Crippen LogP contribution in [0.25, 0.3) is 0 Å². The Morgan fingerprint density at radius 1 is 1.37 bits per heavy atom. The summed E-state index contributed by atoms with van der Waals surface area (Å²) in [4.78, 5) is 20.0. The standard InChI is InChI=1S/C12H14N6O/c1-2-14-11-8-13-7-10(17-11)12(19)15-6-9-4-3-5-16-18-9/h3-5,7-8H,2,6H2,1H3,(H,14,17)(H,15,19). The van der Waals surface area contributed by atoms with Crippen molar-refractivity contribution >= 4 is 11.7 Å². The number of amides is 1. The fourth-order valence-electron chi connectivity index (χ4n) is 1.43. The highest BCUT2D eigenvalue weighted by Crippen LogP contribution is 2.02. The van der Waals surface area contributed by atoms with Gasteiger partial charge < -0.3 is 10.6 Å². The maximum Gasteiger partial charge on any atom is 0.271 e. The van der Waals surface area contributed by atoms with Crippen LogP contribution in [0.5, 0.6) is 0 Å². The molecule has 2 rings (SSSR count). The SMILES string of the molecule is CCNc1cncc(C(=O)NCc2cccnn2)n1. The molecule has 0 aromatic carbocycles. The number of carbonyl (C=O) groups excluding carboxylic acids is 1. The van der Waals surface area contributed by atoms with Crippen LogP contribution < -0.4 is 10.6 Å². The third kappa shape index (κ3) is 3.70. The van der Waals surface area contributed by atoms with Crippen molar-refractivity contribution < 1.29 is 4.79 Å². The maximum atomic E-state index is 11.9. The minimum atomic E-state index is -0.294. The summed E-state index contributed by atoms with van der Waals surface area (Å²) in [6, 6.07) is 3.55. The molecule has 0 aliphatic heterocycles. The number of anilines is 1. The first-order chi connectivity index (χ1) is 9.29. The van der Waals surface area contributed by atoms with Gasteiger partial charge in [-0.2, -0.15) is 10.2 Å².